The minimum absolute atomic E-state index is 0.103. The first-order chi connectivity index (χ1) is 10.3. The van der Waals surface area contributed by atoms with E-state index in [1.54, 1.807) is 31.4 Å². The molecule has 2 aromatic heterocycles. The zero-order chi connectivity index (χ0) is 16.4. The second-order valence-corrected chi connectivity index (χ2v) is 6.02. The molecule has 1 N–H and O–H groups in total. The number of ketones is 2. The van der Waals surface area contributed by atoms with Crippen molar-refractivity contribution in [1.29, 1.82) is 0 Å². The molecule has 2 heterocycles. The highest BCUT2D eigenvalue weighted by Gasteiger charge is 2.26. The smallest absolute Gasteiger partial charge is 0.349 e. The van der Waals surface area contributed by atoms with Gasteiger partial charge in [-0.2, -0.15) is 0 Å². The standard InChI is InChI=1S/C16H17NO4S/c1-8-13(10(3)18)9(2)17-14(8)15(19)11(4)21-16(20)12-6-5-7-22-12/h5-7,11,17H,1-4H3. The quantitative estimate of drug-likeness (QED) is 0.677. The lowest BCUT2D eigenvalue weighted by atomic mass is 10.0. The van der Waals surface area contributed by atoms with Crippen LogP contribution in [-0.2, 0) is 4.74 Å². The Morgan fingerprint density at radius 3 is 2.45 bits per heavy atom. The maximum Gasteiger partial charge on any atom is 0.349 e. The number of ether oxygens (including phenoxy) is 1. The van der Waals surface area contributed by atoms with Crippen LogP contribution in [0.2, 0.25) is 0 Å². The summed E-state index contributed by atoms with van der Waals surface area (Å²) in [6, 6.07) is 3.38. The molecule has 0 saturated carbocycles. The van der Waals surface area contributed by atoms with Crippen LogP contribution < -0.4 is 0 Å². The molecule has 5 nitrogen and oxygen atoms in total. The molecular formula is C16H17NO4S. The third kappa shape index (κ3) is 3.01. The topological polar surface area (TPSA) is 76.2 Å². The van der Waals surface area contributed by atoms with E-state index in [0.29, 0.717) is 27.4 Å². The van der Waals surface area contributed by atoms with Crippen LogP contribution in [0.15, 0.2) is 17.5 Å². The molecule has 0 radical (unpaired) electrons. The van der Waals surface area contributed by atoms with E-state index in [0.717, 1.165) is 0 Å². The fourth-order valence-electron chi connectivity index (χ4n) is 2.39. The lowest BCUT2D eigenvalue weighted by Crippen LogP contribution is -2.25. The number of Topliss-reactive ketones (excluding diaryl/α,β-unsaturated/α-hetero) is 2. The van der Waals surface area contributed by atoms with Crippen molar-refractivity contribution in [2.45, 2.75) is 33.8 Å². The van der Waals surface area contributed by atoms with Crippen LogP contribution in [0.4, 0.5) is 0 Å². The van der Waals surface area contributed by atoms with Gasteiger partial charge in [0.1, 0.15) is 4.88 Å². The monoisotopic (exact) mass is 319 g/mol. The van der Waals surface area contributed by atoms with E-state index in [4.69, 9.17) is 4.74 Å². The van der Waals surface area contributed by atoms with Crippen molar-refractivity contribution in [2.75, 3.05) is 0 Å². The average Bonchev–Trinajstić information content (AvgIpc) is 3.05. The Kier molecular flexibility index (Phi) is 4.61. The largest absolute Gasteiger partial charge is 0.450 e. The molecule has 0 spiro atoms. The predicted octanol–water partition coefficient (Wildman–Crippen LogP) is 3.32. The van der Waals surface area contributed by atoms with Gasteiger partial charge in [-0.1, -0.05) is 6.07 Å². The van der Waals surface area contributed by atoms with Crippen molar-refractivity contribution >= 4 is 28.9 Å². The van der Waals surface area contributed by atoms with Gasteiger partial charge >= 0.3 is 5.97 Å². The summed E-state index contributed by atoms with van der Waals surface area (Å²) in [6.07, 6.45) is -0.925. The third-order valence-corrected chi connectivity index (χ3v) is 4.26. The normalized spacial score (nSPS) is 12.0. The summed E-state index contributed by atoms with van der Waals surface area (Å²) in [6.45, 7) is 6.43. The number of rotatable bonds is 5. The van der Waals surface area contributed by atoms with Crippen molar-refractivity contribution in [3.63, 3.8) is 0 Å². The molecule has 0 aliphatic heterocycles. The first-order valence-electron chi connectivity index (χ1n) is 6.81. The summed E-state index contributed by atoms with van der Waals surface area (Å²) in [4.78, 5) is 39.3. The van der Waals surface area contributed by atoms with E-state index in [9.17, 15) is 14.4 Å². The number of H-pyrrole nitrogens is 1. The van der Waals surface area contributed by atoms with Gasteiger partial charge in [0, 0.05) is 11.3 Å². The molecule has 1 unspecified atom stereocenters. The van der Waals surface area contributed by atoms with Crippen LogP contribution >= 0.6 is 11.3 Å². The van der Waals surface area contributed by atoms with Gasteiger partial charge in [0.2, 0.25) is 5.78 Å². The zero-order valence-electron chi connectivity index (χ0n) is 12.9. The molecule has 116 valence electrons. The second-order valence-electron chi connectivity index (χ2n) is 5.07. The number of carbonyl (C=O) groups excluding carboxylic acids is 3. The number of carbonyl (C=O) groups is 3. The molecule has 0 saturated heterocycles. The Morgan fingerprint density at radius 2 is 1.95 bits per heavy atom. The van der Waals surface area contributed by atoms with E-state index in [2.05, 4.69) is 4.98 Å². The molecule has 2 rings (SSSR count). The Labute approximate surface area is 132 Å². The predicted molar refractivity (Wildman–Crippen MR) is 83.8 cm³/mol. The van der Waals surface area contributed by atoms with Gasteiger partial charge < -0.3 is 9.72 Å². The first kappa shape index (κ1) is 16.2. The molecule has 0 bridgehead atoms. The van der Waals surface area contributed by atoms with Crippen LogP contribution in [-0.4, -0.2) is 28.6 Å². The first-order valence-corrected chi connectivity index (χ1v) is 7.69. The van der Waals surface area contributed by atoms with Crippen LogP contribution in [0.3, 0.4) is 0 Å². The summed E-state index contributed by atoms with van der Waals surface area (Å²) >= 11 is 1.26. The van der Waals surface area contributed by atoms with Crippen molar-refractivity contribution in [3.8, 4) is 0 Å². The number of thiophene rings is 1. The highest BCUT2D eigenvalue weighted by molar-refractivity contribution is 7.11. The van der Waals surface area contributed by atoms with Crippen LogP contribution in [0.5, 0.6) is 0 Å². The molecular weight excluding hydrogens is 302 g/mol. The maximum atomic E-state index is 12.4. The Bertz CT molecular complexity index is 728. The summed E-state index contributed by atoms with van der Waals surface area (Å²) in [5, 5.41) is 1.76. The number of aromatic nitrogens is 1. The van der Waals surface area contributed by atoms with Crippen molar-refractivity contribution < 1.29 is 19.1 Å². The summed E-state index contributed by atoms with van der Waals surface area (Å²) in [5.74, 6) is -0.977. The van der Waals surface area contributed by atoms with Gasteiger partial charge in [-0.15, -0.1) is 11.3 Å². The van der Waals surface area contributed by atoms with Crippen LogP contribution in [0.25, 0.3) is 0 Å². The van der Waals surface area contributed by atoms with E-state index in [1.807, 2.05) is 0 Å². The van der Waals surface area contributed by atoms with Gasteiger partial charge in [-0.05, 0) is 44.7 Å². The number of hydrogen-bond donors (Lipinski definition) is 1. The maximum absolute atomic E-state index is 12.4. The number of nitrogens with one attached hydrogen (secondary N) is 1. The molecule has 0 aliphatic rings. The number of hydrogen-bond acceptors (Lipinski definition) is 5. The fourth-order valence-corrected chi connectivity index (χ4v) is 3.00. The molecule has 2 aromatic rings. The van der Waals surface area contributed by atoms with Gasteiger partial charge in [-0.3, -0.25) is 9.59 Å². The second kappa shape index (κ2) is 6.27. The summed E-state index contributed by atoms with van der Waals surface area (Å²) in [5.41, 5.74) is 2.06. The lowest BCUT2D eigenvalue weighted by Gasteiger charge is -2.11. The summed E-state index contributed by atoms with van der Waals surface area (Å²) < 4.78 is 5.19. The van der Waals surface area contributed by atoms with Crippen molar-refractivity contribution in [2.24, 2.45) is 0 Å². The van der Waals surface area contributed by atoms with E-state index in [-0.39, 0.29) is 11.6 Å². The molecule has 1 atom stereocenters. The third-order valence-electron chi connectivity index (χ3n) is 3.41. The van der Waals surface area contributed by atoms with Gasteiger partial charge in [-0.25, -0.2) is 4.79 Å². The van der Waals surface area contributed by atoms with Gasteiger partial charge in [0.15, 0.2) is 11.9 Å². The minimum atomic E-state index is -0.925. The van der Waals surface area contributed by atoms with Crippen LogP contribution in [0.1, 0.15) is 55.6 Å². The highest BCUT2D eigenvalue weighted by atomic mass is 32.1. The van der Waals surface area contributed by atoms with Crippen molar-refractivity contribution in [3.05, 3.63) is 44.9 Å². The molecule has 6 heteroatoms. The van der Waals surface area contributed by atoms with Crippen molar-refractivity contribution in [1.82, 2.24) is 4.98 Å². The molecule has 0 amide bonds. The molecule has 0 aliphatic carbocycles. The van der Waals surface area contributed by atoms with E-state index in [1.165, 1.54) is 25.2 Å². The molecule has 0 aromatic carbocycles. The Morgan fingerprint density at radius 1 is 1.27 bits per heavy atom. The zero-order valence-corrected chi connectivity index (χ0v) is 13.7. The lowest BCUT2D eigenvalue weighted by molar-refractivity contribution is 0.0321. The number of aryl methyl sites for hydroxylation is 1. The molecule has 0 fully saturated rings. The SMILES string of the molecule is CC(=O)c1c(C)[nH]c(C(=O)C(C)OC(=O)c2cccs2)c1C. The summed E-state index contributed by atoms with van der Waals surface area (Å²) in [7, 11) is 0. The van der Waals surface area contributed by atoms with E-state index >= 15 is 0 Å². The average molecular weight is 319 g/mol. The number of esters is 1. The Balaban J connectivity index is 2.19. The van der Waals surface area contributed by atoms with Crippen LogP contribution in [0, 0.1) is 13.8 Å². The van der Waals surface area contributed by atoms with Gasteiger partial charge in [0.25, 0.3) is 0 Å². The van der Waals surface area contributed by atoms with E-state index < -0.39 is 12.1 Å². The molecule has 22 heavy (non-hydrogen) atoms. The van der Waals surface area contributed by atoms with Gasteiger partial charge in [0.05, 0.1) is 5.69 Å². The number of aromatic amines is 1. The minimum Gasteiger partial charge on any atom is -0.450 e. The fraction of sp³-hybridized carbons (Fsp3) is 0.312. The highest BCUT2D eigenvalue weighted by Crippen LogP contribution is 2.21. The Hall–Kier alpha value is -2.21.